The van der Waals surface area contributed by atoms with Gasteiger partial charge in [0.05, 0.1) is 6.10 Å². The van der Waals surface area contributed by atoms with Crippen molar-refractivity contribution >= 4 is 11.6 Å². The molecule has 5 nitrogen and oxygen atoms in total. The van der Waals surface area contributed by atoms with E-state index < -0.39 is 0 Å². The maximum atomic E-state index is 5.99. The summed E-state index contributed by atoms with van der Waals surface area (Å²) in [6, 6.07) is 0. The third kappa shape index (κ3) is 2.56. The molecule has 5 heteroatoms. The third-order valence-electron chi connectivity index (χ3n) is 3.48. The number of nitrogens with two attached hydrogens (primary N) is 1. The van der Waals surface area contributed by atoms with Crippen molar-refractivity contribution in [2.45, 2.75) is 38.7 Å². The van der Waals surface area contributed by atoms with Crippen molar-refractivity contribution in [2.75, 3.05) is 30.8 Å². The second-order valence-electron chi connectivity index (χ2n) is 5.10. The number of methoxy groups -OCH3 is 1. The Bertz CT molecular complexity index is 408. The smallest absolute Gasteiger partial charge is 0.137 e. The van der Waals surface area contributed by atoms with E-state index in [4.69, 9.17) is 10.5 Å². The van der Waals surface area contributed by atoms with Gasteiger partial charge in [-0.05, 0) is 18.8 Å². The van der Waals surface area contributed by atoms with Crippen LogP contribution < -0.4 is 10.6 Å². The maximum Gasteiger partial charge on any atom is 0.137 e. The Morgan fingerprint density at radius 2 is 2.22 bits per heavy atom. The van der Waals surface area contributed by atoms with E-state index in [1.165, 1.54) is 0 Å². The summed E-state index contributed by atoms with van der Waals surface area (Å²) in [5.41, 5.74) is 7.04. The molecule has 1 aliphatic rings. The lowest BCUT2D eigenvalue weighted by molar-refractivity contribution is 0.0891. The lowest BCUT2D eigenvalue weighted by Crippen LogP contribution is -2.40. The van der Waals surface area contributed by atoms with E-state index in [1.807, 2.05) is 0 Å². The van der Waals surface area contributed by atoms with Gasteiger partial charge in [-0.25, -0.2) is 9.97 Å². The summed E-state index contributed by atoms with van der Waals surface area (Å²) in [5.74, 6) is 1.89. The van der Waals surface area contributed by atoms with Crippen molar-refractivity contribution in [1.82, 2.24) is 9.97 Å². The van der Waals surface area contributed by atoms with Gasteiger partial charge in [-0.1, -0.05) is 13.8 Å². The lowest BCUT2D eigenvalue weighted by Gasteiger charge is -2.34. The van der Waals surface area contributed by atoms with Gasteiger partial charge >= 0.3 is 0 Å². The Balaban J connectivity index is 2.29. The van der Waals surface area contributed by atoms with Gasteiger partial charge < -0.3 is 15.4 Å². The Hall–Kier alpha value is -1.36. The molecule has 0 saturated carbocycles. The molecule has 2 heterocycles. The first-order valence-corrected chi connectivity index (χ1v) is 6.51. The quantitative estimate of drug-likeness (QED) is 0.886. The number of hydrogen-bond acceptors (Lipinski definition) is 5. The fourth-order valence-electron chi connectivity index (χ4n) is 2.53. The van der Waals surface area contributed by atoms with Crippen LogP contribution in [0.3, 0.4) is 0 Å². The molecule has 0 aliphatic carbocycles. The summed E-state index contributed by atoms with van der Waals surface area (Å²) in [4.78, 5) is 10.8. The van der Waals surface area contributed by atoms with Gasteiger partial charge in [-0.15, -0.1) is 0 Å². The zero-order valence-electron chi connectivity index (χ0n) is 11.4. The van der Waals surface area contributed by atoms with E-state index in [2.05, 4.69) is 28.7 Å². The van der Waals surface area contributed by atoms with Crippen molar-refractivity contribution in [1.29, 1.82) is 0 Å². The molecule has 1 fully saturated rings. The Labute approximate surface area is 108 Å². The summed E-state index contributed by atoms with van der Waals surface area (Å²) < 4.78 is 5.46. The standard InChI is InChI=1S/C13H22N4O/c1-9(2)11-12(14)15-8-16-13(11)17-6-4-5-10(7-17)18-3/h8-10H,4-7H2,1-3H3,(H2,14,15,16). The fourth-order valence-corrected chi connectivity index (χ4v) is 2.53. The number of aromatic nitrogens is 2. The number of nitrogens with zero attached hydrogens (tertiary/aromatic N) is 3. The van der Waals surface area contributed by atoms with Crippen LogP contribution in [0, 0.1) is 0 Å². The average Bonchev–Trinajstić information content (AvgIpc) is 2.38. The summed E-state index contributed by atoms with van der Waals surface area (Å²) in [6.07, 6.45) is 4.08. The maximum absolute atomic E-state index is 5.99. The van der Waals surface area contributed by atoms with Crippen LogP contribution in [0.5, 0.6) is 0 Å². The zero-order valence-corrected chi connectivity index (χ0v) is 11.4. The number of piperidine rings is 1. The molecule has 0 spiro atoms. The predicted octanol–water partition coefficient (Wildman–Crippen LogP) is 1.80. The van der Waals surface area contributed by atoms with Crippen LogP contribution in [-0.4, -0.2) is 36.3 Å². The van der Waals surface area contributed by atoms with Crippen molar-refractivity contribution in [2.24, 2.45) is 0 Å². The largest absolute Gasteiger partial charge is 0.383 e. The first kappa shape index (κ1) is 13.1. The molecule has 0 bridgehead atoms. The predicted molar refractivity (Wildman–Crippen MR) is 72.8 cm³/mol. The molecular weight excluding hydrogens is 228 g/mol. The average molecular weight is 250 g/mol. The van der Waals surface area contributed by atoms with Crippen LogP contribution in [-0.2, 0) is 4.74 Å². The highest BCUT2D eigenvalue weighted by Gasteiger charge is 2.24. The molecule has 1 unspecified atom stereocenters. The zero-order chi connectivity index (χ0) is 13.1. The Morgan fingerprint density at radius 3 is 2.89 bits per heavy atom. The molecule has 18 heavy (non-hydrogen) atoms. The highest BCUT2D eigenvalue weighted by molar-refractivity contribution is 5.58. The Kier molecular flexibility index (Phi) is 4.01. The molecule has 1 aliphatic heterocycles. The number of rotatable bonds is 3. The molecule has 1 saturated heterocycles. The van der Waals surface area contributed by atoms with Gasteiger partial charge in [0.2, 0.25) is 0 Å². The van der Waals surface area contributed by atoms with Gasteiger partial charge in [0, 0.05) is 25.8 Å². The van der Waals surface area contributed by atoms with Crippen LogP contribution in [0.25, 0.3) is 0 Å². The van der Waals surface area contributed by atoms with E-state index in [0.29, 0.717) is 11.7 Å². The minimum Gasteiger partial charge on any atom is -0.383 e. The summed E-state index contributed by atoms with van der Waals surface area (Å²) >= 11 is 0. The summed E-state index contributed by atoms with van der Waals surface area (Å²) in [7, 11) is 1.77. The molecule has 2 N–H and O–H groups in total. The van der Waals surface area contributed by atoms with Gasteiger partial charge in [-0.2, -0.15) is 0 Å². The highest BCUT2D eigenvalue weighted by Crippen LogP contribution is 2.30. The molecule has 100 valence electrons. The third-order valence-corrected chi connectivity index (χ3v) is 3.48. The van der Waals surface area contributed by atoms with Crippen molar-refractivity contribution in [3.05, 3.63) is 11.9 Å². The number of anilines is 2. The molecule has 1 atom stereocenters. The topological polar surface area (TPSA) is 64.3 Å². The van der Waals surface area contributed by atoms with Crippen LogP contribution in [0.2, 0.25) is 0 Å². The van der Waals surface area contributed by atoms with E-state index in [-0.39, 0.29) is 6.10 Å². The van der Waals surface area contributed by atoms with Gasteiger partial charge in [0.25, 0.3) is 0 Å². The van der Waals surface area contributed by atoms with Crippen LogP contribution in [0.4, 0.5) is 11.6 Å². The number of nitrogen functional groups attached to an aromatic ring is 1. The molecule has 2 rings (SSSR count). The lowest BCUT2D eigenvalue weighted by atomic mass is 10.0. The normalized spacial score (nSPS) is 20.4. The van der Waals surface area contributed by atoms with E-state index in [1.54, 1.807) is 13.4 Å². The van der Waals surface area contributed by atoms with Crippen LogP contribution in [0.1, 0.15) is 38.2 Å². The SMILES string of the molecule is COC1CCCN(c2ncnc(N)c2C(C)C)C1. The minimum absolute atomic E-state index is 0.287. The van der Waals surface area contributed by atoms with Crippen molar-refractivity contribution in [3.63, 3.8) is 0 Å². The van der Waals surface area contributed by atoms with Gasteiger partial charge in [0.1, 0.15) is 18.0 Å². The van der Waals surface area contributed by atoms with Gasteiger partial charge in [-0.3, -0.25) is 0 Å². The van der Waals surface area contributed by atoms with E-state index in [9.17, 15) is 0 Å². The monoisotopic (exact) mass is 250 g/mol. The molecule has 0 radical (unpaired) electrons. The number of hydrogen-bond donors (Lipinski definition) is 1. The fraction of sp³-hybridized carbons (Fsp3) is 0.692. The first-order chi connectivity index (χ1) is 8.63. The van der Waals surface area contributed by atoms with E-state index in [0.717, 1.165) is 37.3 Å². The summed E-state index contributed by atoms with van der Waals surface area (Å²) in [5, 5.41) is 0. The van der Waals surface area contributed by atoms with Crippen molar-refractivity contribution in [3.8, 4) is 0 Å². The molecular formula is C13H22N4O. The molecule has 0 aromatic carbocycles. The highest BCUT2D eigenvalue weighted by atomic mass is 16.5. The second-order valence-corrected chi connectivity index (χ2v) is 5.10. The second kappa shape index (κ2) is 5.52. The molecule has 0 amide bonds. The minimum atomic E-state index is 0.287. The molecule has 1 aromatic rings. The number of ether oxygens (including phenoxy) is 1. The van der Waals surface area contributed by atoms with E-state index >= 15 is 0 Å². The summed E-state index contributed by atoms with van der Waals surface area (Å²) in [6.45, 7) is 6.13. The Morgan fingerprint density at radius 1 is 1.44 bits per heavy atom. The van der Waals surface area contributed by atoms with Crippen LogP contribution in [0.15, 0.2) is 6.33 Å². The van der Waals surface area contributed by atoms with Gasteiger partial charge in [0.15, 0.2) is 0 Å². The first-order valence-electron chi connectivity index (χ1n) is 6.51. The molecule has 1 aromatic heterocycles. The van der Waals surface area contributed by atoms with Crippen molar-refractivity contribution < 1.29 is 4.74 Å². The van der Waals surface area contributed by atoms with Crippen LogP contribution >= 0.6 is 0 Å².